The van der Waals surface area contributed by atoms with E-state index in [1.54, 1.807) is 12.1 Å². The van der Waals surface area contributed by atoms with Gasteiger partial charge in [0.15, 0.2) is 0 Å². The molecule has 102 valence electrons. The van der Waals surface area contributed by atoms with Crippen molar-refractivity contribution in [1.82, 2.24) is 0 Å². The molecule has 0 aliphatic heterocycles. The zero-order chi connectivity index (χ0) is 13.6. The molecule has 6 heteroatoms. The molecule has 1 aromatic rings. The quantitative estimate of drug-likeness (QED) is 0.368. The highest BCUT2D eigenvalue weighted by Gasteiger charge is 2.26. The maximum Gasteiger partial charge on any atom is 0.389 e. The first-order valence-corrected chi connectivity index (χ1v) is 7.33. The summed E-state index contributed by atoms with van der Waals surface area (Å²) in [4.78, 5) is 0. The Hall–Kier alpha value is -0.0100. The second-order valence-electron chi connectivity index (χ2n) is 3.75. The van der Waals surface area contributed by atoms with Gasteiger partial charge >= 0.3 is 6.18 Å². The van der Waals surface area contributed by atoms with Crippen LogP contribution in [0, 0.1) is 0 Å². The van der Waals surface area contributed by atoms with Gasteiger partial charge in [-0.1, -0.05) is 52.4 Å². The maximum absolute atomic E-state index is 12.0. The van der Waals surface area contributed by atoms with Gasteiger partial charge in [-0.2, -0.15) is 13.2 Å². The molecule has 0 aliphatic carbocycles. The third-order valence-electron chi connectivity index (χ3n) is 2.32. The van der Waals surface area contributed by atoms with Gasteiger partial charge < -0.3 is 4.74 Å². The Morgan fingerprint density at radius 1 is 1.28 bits per heavy atom. The summed E-state index contributed by atoms with van der Waals surface area (Å²) >= 11 is 8.15. The van der Waals surface area contributed by atoms with Crippen molar-refractivity contribution in [3.63, 3.8) is 0 Å². The third kappa shape index (κ3) is 5.75. The lowest BCUT2D eigenvalue weighted by Gasteiger charge is -2.17. The van der Waals surface area contributed by atoms with Crippen LogP contribution in [0.2, 0.25) is 5.02 Å². The fourth-order valence-electron chi connectivity index (χ4n) is 1.45. The van der Waals surface area contributed by atoms with Crippen molar-refractivity contribution in [1.29, 1.82) is 0 Å². The Labute approximate surface area is 123 Å². The van der Waals surface area contributed by atoms with Crippen LogP contribution < -0.4 is 0 Å². The van der Waals surface area contributed by atoms with Gasteiger partial charge in [-0.25, -0.2) is 0 Å². The normalized spacial score (nSPS) is 13.6. The van der Waals surface area contributed by atoms with E-state index in [0.29, 0.717) is 9.45 Å². The first kappa shape index (κ1) is 16.0. The van der Waals surface area contributed by atoms with Crippen LogP contribution in [0.3, 0.4) is 0 Å². The summed E-state index contributed by atoms with van der Waals surface area (Å²) in [6, 6.07) is 7.21. The van der Waals surface area contributed by atoms with Gasteiger partial charge in [0, 0.05) is 28.0 Å². The van der Waals surface area contributed by atoms with Gasteiger partial charge in [0.05, 0.1) is 6.10 Å². The average Bonchev–Trinajstić information content (AvgIpc) is 2.29. The molecule has 0 bridgehead atoms. The summed E-state index contributed by atoms with van der Waals surface area (Å²) in [7, 11) is 0. The Bertz CT molecular complexity index is 371. The number of ether oxygens (including phenoxy) is 1. The number of rotatable bonds is 6. The molecular weight excluding hydrogens is 379 g/mol. The largest absolute Gasteiger partial charge is 0.389 e. The van der Waals surface area contributed by atoms with Crippen LogP contribution >= 0.6 is 34.2 Å². The number of benzene rings is 1. The predicted octanol–water partition coefficient (Wildman–Crippen LogP) is 5.18. The number of alkyl halides is 4. The molecule has 0 fully saturated rings. The van der Waals surface area contributed by atoms with Crippen molar-refractivity contribution in [2.24, 2.45) is 0 Å². The molecule has 0 radical (unpaired) electrons. The van der Waals surface area contributed by atoms with E-state index >= 15 is 0 Å². The molecule has 1 nitrogen and oxygen atoms in total. The highest BCUT2D eigenvalue weighted by molar-refractivity contribution is 14.1. The zero-order valence-electron chi connectivity index (χ0n) is 9.51. The highest BCUT2D eigenvalue weighted by Crippen LogP contribution is 2.28. The fraction of sp³-hybridized carbons (Fsp3) is 0.500. The van der Waals surface area contributed by atoms with E-state index in [-0.39, 0.29) is 19.1 Å². The summed E-state index contributed by atoms with van der Waals surface area (Å²) in [5.74, 6) is 0. The lowest BCUT2D eigenvalue weighted by molar-refractivity contribution is -0.138. The van der Waals surface area contributed by atoms with E-state index < -0.39 is 12.6 Å². The fourth-order valence-corrected chi connectivity index (χ4v) is 2.44. The minimum absolute atomic E-state index is 0.0267. The topological polar surface area (TPSA) is 9.23 Å². The van der Waals surface area contributed by atoms with Gasteiger partial charge in [-0.3, -0.25) is 0 Å². The molecule has 0 amide bonds. The van der Waals surface area contributed by atoms with Crippen LogP contribution in [0.4, 0.5) is 13.2 Å². The number of halogens is 5. The monoisotopic (exact) mass is 392 g/mol. The molecule has 1 rings (SSSR count). The summed E-state index contributed by atoms with van der Waals surface area (Å²) in [6.45, 7) is 0.0817. The second-order valence-corrected chi connectivity index (χ2v) is 5.04. The van der Waals surface area contributed by atoms with Crippen molar-refractivity contribution >= 4 is 34.2 Å². The molecular formula is C12H13ClF3IO. The second kappa shape index (κ2) is 7.55. The Balaban J connectivity index is 2.46. The molecule has 18 heavy (non-hydrogen) atoms. The summed E-state index contributed by atoms with van der Waals surface area (Å²) in [5, 5.41) is 0.579. The van der Waals surface area contributed by atoms with Crippen LogP contribution in [0.25, 0.3) is 0 Å². The van der Waals surface area contributed by atoms with Crippen LogP contribution in [0.1, 0.15) is 24.5 Å². The van der Waals surface area contributed by atoms with Crippen LogP contribution in [-0.2, 0) is 4.74 Å². The SMILES string of the molecule is FC(F)(F)CCCOC(CI)c1ccccc1Cl. The first-order valence-electron chi connectivity index (χ1n) is 5.43. The van der Waals surface area contributed by atoms with Crippen molar-refractivity contribution in [2.75, 3.05) is 11.0 Å². The van der Waals surface area contributed by atoms with Crippen LogP contribution in [0.5, 0.6) is 0 Å². The molecule has 1 unspecified atom stereocenters. The van der Waals surface area contributed by atoms with Crippen molar-refractivity contribution < 1.29 is 17.9 Å². The molecule has 0 saturated heterocycles. The van der Waals surface area contributed by atoms with Crippen molar-refractivity contribution in [2.45, 2.75) is 25.1 Å². The van der Waals surface area contributed by atoms with E-state index in [0.717, 1.165) is 5.56 Å². The summed E-state index contributed by atoms with van der Waals surface area (Å²) in [6.07, 6.45) is -5.22. The van der Waals surface area contributed by atoms with E-state index in [1.165, 1.54) is 0 Å². The van der Waals surface area contributed by atoms with Crippen LogP contribution in [0.15, 0.2) is 24.3 Å². The predicted molar refractivity (Wildman–Crippen MR) is 74.3 cm³/mol. The summed E-state index contributed by atoms with van der Waals surface area (Å²) < 4.78 is 42.0. The third-order valence-corrected chi connectivity index (χ3v) is 3.46. The van der Waals surface area contributed by atoms with Gasteiger partial charge in [0.25, 0.3) is 0 Å². The lowest BCUT2D eigenvalue weighted by Crippen LogP contribution is -2.11. The molecule has 0 N–H and O–H groups in total. The summed E-state index contributed by atoms with van der Waals surface area (Å²) in [5.41, 5.74) is 0.820. The van der Waals surface area contributed by atoms with E-state index in [1.807, 2.05) is 12.1 Å². The molecule has 0 saturated carbocycles. The Kier molecular flexibility index (Phi) is 6.73. The van der Waals surface area contributed by atoms with Crippen LogP contribution in [-0.4, -0.2) is 17.2 Å². The molecule has 0 aliphatic rings. The number of hydrogen-bond acceptors (Lipinski definition) is 1. The highest BCUT2D eigenvalue weighted by atomic mass is 127. The van der Waals surface area contributed by atoms with Gasteiger partial charge in [-0.15, -0.1) is 0 Å². The molecule has 0 aromatic heterocycles. The smallest absolute Gasteiger partial charge is 0.373 e. The standard InChI is InChI=1S/C12H13ClF3IO/c13-10-5-2-1-4-9(10)11(8-17)18-7-3-6-12(14,15)16/h1-2,4-5,11H,3,6-8H2. The lowest BCUT2D eigenvalue weighted by atomic mass is 10.1. The molecule has 0 spiro atoms. The molecule has 1 atom stereocenters. The maximum atomic E-state index is 12.0. The van der Waals surface area contributed by atoms with Gasteiger partial charge in [0.1, 0.15) is 0 Å². The average molecular weight is 393 g/mol. The Morgan fingerprint density at radius 3 is 2.50 bits per heavy atom. The molecule has 0 heterocycles. The molecule has 1 aromatic carbocycles. The van der Waals surface area contributed by atoms with Gasteiger partial charge in [0.2, 0.25) is 0 Å². The minimum Gasteiger partial charge on any atom is -0.373 e. The minimum atomic E-state index is -4.12. The van der Waals surface area contributed by atoms with Crippen molar-refractivity contribution in [3.05, 3.63) is 34.9 Å². The van der Waals surface area contributed by atoms with E-state index in [2.05, 4.69) is 22.6 Å². The van der Waals surface area contributed by atoms with Gasteiger partial charge in [-0.05, 0) is 12.5 Å². The van der Waals surface area contributed by atoms with Crippen molar-refractivity contribution in [3.8, 4) is 0 Å². The van der Waals surface area contributed by atoms with E-state index in [9.17, 15) is 13.2 Å². The first-order chi connectivity index (χ1) is 8.44. The zero-order valence-corrected chi connectivity index (χ0v) is 12.4. The number of hydrogen-bond donors (Lipinski definition) is 0. The Morgan fingerprint density at radius 2 is 1.94 bits per heavy atom. The van der Waals surface area contributed by atoms with E-state index in [4.69, 9.17) is 16.3 Å².